The Hall–Kier alpha value is -2.96. The van der Waals surface area contributed by atoms with Crippen LogP contribution in [0.15, 0.2) is 41.1 Å². The lowest BCUT2D eigenvalue weighted by molar-refractivity contribution is 0.0698. The van der Waals surface area contributed by atoms with Gasteiger partial charge < -0.3 is 9.63 Å². The minimum Gasteiger partial charge on any atom is -0.477 e. The quantitative estimate of drug-likeness (QED) is 0.740. The van der Waals surface area contributed by atoms with E-state index in [1.807, 2.05) is 6.07 Å². The average Bonchev–Trinajstić information content (AvgIpc) is 3.08. The van der Waals surface area contributed by atoms with Gasteiger partial charge >= 0.3 is 5.97 Å². The van der Waals surface area contributed by atoms with Crippen LogP contribution in [0, 0.1) is 0 Å². The topological polar surface area (TPSA) is 105 Å². The molecule has 1 aromatic carbocycles. The van der Waals surface area contributed by atoms with Crippen molar-refractivity contribution in [3.8, 4) is 22.7 Å². The van der Waals surface area contributed by atoms with E-state index in [4.69, 9.17) is 4.52 Å². The summed E-state index contributed by atoms with van der Waals surface area (Å²) in [6.07, 6.45) is 1.38. The number of carbonyl (C=O) groups is 1. The third-order valence-corrected chi connectivity index (χ3v) is 2.60. The highest BCUT2D eigenvalue weighted by atomic mass is 16.5. The predicted molar refractivity (Wildman–Crippen MR) is 64.3 cm³/mol. The van der Waals surface area contributed by atoms with Crippen molar-refractivity contribution in [1.29, 1.82) is 0 Å². The Morgan fingerprint density at radius 3 is 2.68 bits per heavy atom. The second kappa shape index (κ2) is 4.37. The van der Waals surface area contributed by atoms with E-state index in [0.717, 1.165) is 0 Å². The maximum atomic E-state index is 11.4. The first-order valence-electron chi connectivity index (χ1n) is 5.42. The van der Waals surface area contributed by atoms with Gasteiger partial charge in [-0.1, -0.05) is 35.5 Å². The Morgan fingerprint density at radius 1 is 1.26 bits per heavy atom. The van der Waals surface area contributed by atoms with Crippen molar-refractivity contribution in [3.63, 3.8) is 0 Å². The van der Waals surface area contributed by atoms with E-state index in [0.29, 0.717) is 11.3 Å². The molecule has 2 aromatic heterocycles. The Kier molecular flexibility index (Phi) is 2.57. The zero-order valence-electron chi connectivity index (χ0n) is 9.57. The van der Waals surface area contributed by atoms with Gasteiger partial charge in [0.25, 0.3) is 0 Å². The third kappa shape index (κ3) is 1.86. The second-order valence-corrected chi connectivity index (χ2v) is 3.76. The average molecular weight is 256 g/mol. The van der Waals surface area contributed by atoms with Gasteiger partial charge in [-0.05, 0) is 0 Å². The van der Waals surface area contributed by atoms with E-state index in [1.165, 1.54) is 6.20 Å². The lowest BCUT2D eigenvalue weighted by Gasteiger charge is -1.97. The van der Waals surface area contributed by atoms with Gasteiger partial charge in [0.15, 0.2) is 5.69 Å². The highest BCUT2D eigenvalue weighted by Gasteiger charge is 2.25. The third-order valence-electron chi connectivity index (χ3n) is 2.60. The number of carboxylic acids is 1. The molecule has 19 heavy (non-hydrogen) atoms. The summed E-state index contributed by atoms with van der Waals surface area (Å²) in [6.45, 7) is 0. The summed E-state index contributed by atoms with van der Waals surface area (Å²) < 4.78 is 5.10. The van der Waals surface area contributed by atoms with Crippen LogP contribution in [-0.4, -0.2) is 31.6 Å². The molecule has 2 heterocycles. The highest BCUT2D eigenvalue weighted by Crippen LogP contribution is 2.30. The van der Waals surface area contributed by atoms with Crippen molar-refractivity contribution >= 4 is 5.97 Å². The van der Waals surface area contributed by atoms with Crippen molar-refractivity contribution in [2.75, 3.05) is 0 Å². The Labute approximate surface area is 106 Å². The van der Waals surface area contributed by atoms with Crippen molar-refractivity contribution in [3.05, 3.63) is 42.1 Å². The van der Waals surface area contributed by atoms with Gasteiger partial charge in [-0.2, -0.15) is 15.4 Å². The summed E-state index contributed by atoms with van der Waals surface area (Å²) in [6, 6.07) is 8.95. The number of aromatic amines is 1. The Bertz CT molecular complexity index is 704. The minimum atomic E-state index is -1.13. The Morgan fingerprint density at radius 2 is 2.05 bits per heavy atom. The Balaban J connectivity index is 2.20. The molecule has 0 saturated heterocycles. The van der Waals surface area contributed by atoms with Crippen molar-refractivity contribution in [1.82, 2.24) is 20.6 Å². The van der Waals surface area contributed by atoms with Crippen LogP contribution in [-0.2, 0) is 0 Å². The smallest absolute Gasteiger partial charge is 0.342 e. The number of rotatable bonds is 3. The number of carboxylic acid groups (broad SMARTS) is 1. The normalized spacial score (nSPS) is 10.5. The second-order valence-electron chi connectivity index (χ2n) is 3.76. The number of hydrogen-bond donors (Lipinski definition) is 2. The van der Waals surface area contributed by atoms with Gasteiger partial charge in [0.05, 0.1) is 6.20 Å². The number of benzene rings is 1. The molecule has 0 unspecified atom stereocenters. The van der Waals surface area contributed by atoms with Gasteiger partial charge in [-0.3, -0.25) is 0 Å². The fraction of sp³-hybridized carbons (Fsp3) is 0. The van der Waals surface area contributed by atoms with E-state index in [1.54, 1.807) is 24.3 Å². The van der Waals surface area contributed by atoms with Crippen molar-refractivity contribution < 1.29 is 14.4 Å². The van der Waals surface area contributed by atoms with Gasteiger partial charge in [0, 0.05) is 5.56 Å². The van der Waals surface area contributed by atoms with E-state index in [2.05, 4.69) is 20.6 Å². The minimum absolute atomic E-state index is 0.0277. The van der Waals surface area contributed by atoms with Gasteiger partial charge in [0.1, 0.15) is 11.3 Å². The van der Waals surface area contributed by atoms with Gasteiger partial charge in [-0.15, -0.1) is 0 Å². The van der Waals surface area contributed by atoms with E-state index in [-0.39, 0.29) is 17.0 Å². The monoisotopic (exact) mass is 256 g/mol. The van der Waals surface area contributed by atoms with Crippen LogP contribution in [0.3, 0.4) is 0 Å². The molecular weight excluding hydrogens is 248 g/mol. The number of aromatic carboxylic acids is 1. The fourth-order valence-corrected chi connectivity index (χ4v) is 1.77. The number of nitrogens with one attached hydrogen (secondary N) is 1. The maximum Gasteiger partial charge on any atom is 0.342 e. The molecule has 0 aliphatic rings. The van der Waals surface area contributed by atoms with Crippen LogP contribution in [0.25, 0.3) is 22.7 Å². The number of nitrogens with zero attached hydrogens (tertiary/aromatic N) is 3. The van der Waals surface area contributed by atoms with Gasteiger partial charge in [0.2, 0.25) is 5.76 Å². The van der Waals surface area contributed by atoms with Crippen molar-refractivity contribution in [2.24, 2.45) is 0 Å². The molecule has 3 aromatic rings. The maximum absolute atomic E-state index is 11.4. The standard InChI is InChI=1S/C12H8N4O3/c17-12(18)9-10(7-4-2-1-3-5-7)15-19-11(9)8-6-13-16-14-8/h1-6H,(H,17,18)(H,13,14,16). The molecule has 3 rings (SSSR count). The molecule has 7 nitrogen and oxygen atoms in total. The molecule has 7 heteroatoms. The molecule has 0 saturated carbocycles. The summed E-state index contributed by atoms with van der Waals surface area (Å²) in [4.78, 5) is 11.4. The number of hydrogen-bond acceptors (Lipinski definition) is 5. The highest BCUT2D eigenvalue weighted by molar-refractivity contribution is 6.00. The predicted octanol–water partition coefficient (Wildman–Crippen LogP) is 1.82. The molecule has 0 aliphatic heterocycles. The summed E-state index contributed by atoms with van der Waals surface area (Å²) in [5, 5.41) is 23.0. The van der Waals surface area contributed by atoms with Crippen molar-refractivity contribution in [2.45, 2.75) is 0 Å². The first-order chi connectivity index (χ1) is 9.27. The molecule has 0 bridgehead atoms. The summed E-state index contributed by atoms with van der Waals surface area (Å²) in [5.41, 5.74) is 1.21. The van der Waals surface area contributed by atoms with E-state index < -0.39 is 5.97 Å². The summed E-state index contributed by atoms with van der Waals surface area (Å²) in [5.74, 6) is -1.04. The SMILES string of the molecule is O=C(O)c1c(-c2ccccc2)noc1-c1cn[nH]n1. The molecular formula is C12H8N4O3. The fourth-order valence-electron chi connectivity index (χ4n) is 1.77. The van der Waals surface area contributed by atoms with Crippen LogP contribution in [0.2, 0.25) is 0 Å². The molecule has 0 aliphatic carbocycles. The number of H-pyrrole nitrogens is 1. The largest absolute Gasteiger partial charge is 0.477 e. The number of aromatic nitrogens is 4. The van der Waals surface area contributed by atoms with Crippen LogP contribution in [0.1, 0.15) is 10.4 Å². The first-order valence-corrected chi connectivity index (χ1v) is 5.42. The van der Waals surface area contributed by atoms with Crippen LogP contribution in [0.5, 0.6) is 0 Å². The molecule has 0 radical (unpaired) electrons. The summed E-state index contributed by atoms with van der Waals surface area (Å²) in [7, 11) is 0. The lowest BCUT2D eigenvalue weighted by atomic mass is 10.1. The molecule has 0 amide bonds. The van der Waals surface area contributed by atoms with E-state index in [9.17, 15) is 9.90 Å². The molecule has 94 valence electrons. The molecule has 2 N–H and O–H groups in total. The van der Waals surface area contributed by atoms with Crippen LogP contribution < -0.4 is 0 Å². The van der Waals surface area contributed by atoms with Crippen LogP contribution >= 0.6 is 0 Å². The molecule has 0 spiro atoms. The van der Waals surface area contributed by atoms with E-state index >= 15 is 0 Å². The zero-order chi connectivity index (χ0) is 13.2. The first kappa shape index (κ1) is 11.1. The molecule has 0 atom stereocenters. The van der Waals surface area contributed by atoms with Gasteiger partial charge in [-0.25, -0.2) is 4.79 Å². The molecule has 0 fully saturated rings. The van der Waals surface area contributed by atoms with Crippen LogP contribution in [0.4, 0.5) is 0 Å². The lowest BCUT2D eigenvalue weighted by Crippen LogP contribution is -1.99. The zero-order valence-corrected chi connectivity index (χ0v) is 9.57. The summed E-state index contributed by atoms with van der Waals surface area (Å²) >= 11 is 0.